The van der Waals surface area contributed by atoms with E-state index in [2.05, 4.69) is 4.72 Å². The molecular weight excluding hydrogens is 316 g/mol. The minimum atomic E-state index is -3.49. The molecule has 7 heteroatoms. The number of rotatable bonds is 5. The normalized spacial score (nSPS) is 16.7. The van der Waals surface area contributed by atoms with E-state index in [9.17, 15) is 13.2 Å². The van der Waals surface area contributed by atoms with Crippen molar-refractivity contribution in [2.45, 2.75) is 25.8 Å². The predicted molar refractivity (Wildman–Crippen MR) is 89.1 cm³/mol. The second-order valence-corrected chi connectivity index (χ2v) is 6.93. The van der Waals surface area contributed by atoms with E-state index in [-0.39, 0.29) is 12.1 Å². The van der Waals surface area contributed by atoms with Gasteiger partial charge >= 0.3 is 6.09 Å². The number of likely N-dealkylation sites (tertiary alicyclic amines) is 1. The summed E-state index contributed by atoms with van der Waals surface area (Å²) in [5.74, 6) is 0. The molecule has 2 rings (SSSR count). The average molecular weight is 338 g/mol. The molecular formula is C16H22N2O4S. The Kier molecular flexibility index (Phi) is 6.18. The second kappa shape index (κ2) is 8.12. The molecule has 0 unspecified atom stereocenters. The van der Waals surface area contributed by atoms with E-state index >= 15 is 0 Å². The van der Waals surface area contributed by atoms with E-state index in [0.717, 1.165) is 5.56 Å². The first-order valence-electron chi connectivity index (χ1n) is 7.67. The minimum Gasteiger partial charge on any atom is -0.450 e. The van der Waals surface area contributed by atoms with Crippen molar-refractivity contribution in [1.82, 2.24) is 9.62 Å². The molecule has 0 radical (unpaired) electrons. The molecule has 0 aromatic heterocycles. The fourth-order valence-corrected chi connectivity index (χ4v) is 3.51. The van der Waals surface area contributed by atoms with E-state index in [1.54, 1.807) is 17.9 Å². The third kappa shape index (κ3) is 5.69. The summed E-state index contributed by atoms with van der Waals surface area (Å²) in [7, 11) is -3.49. The van der Waals surface area contributed by atoms with Crippen molar-refractivity contribution in [3.63, 3.8) is 0 Å². The quantitative estimate of drug-likeness (QED) is 0.893. The number of sulfonamides is 1. The average Bonchev–Trinajstić information content (AvgIpc) is 2.55. The molecule has 126 valence electrons. The van der Waals surface area contributed by atoms with Crippen molar-refractivity contribution in [1.29, 1.82) is 0 Å². The van der Waals surface area contributed by atoms with Crippen LogP contribution in [0.4, 0.5) is 4.79 Å². The second-order valence-electron chi connectivity index (χ2n) is 5.34. The summed E-state index contributed by atoms with van der Waals surface area (Å²) in [5, 5.41) is 1.18. The van der Waals surface area contributed by atoms with Crippen LogP contribution in [-0.2, 0) is 14.8 Å². The van der Waals surface area contributed by atoms with Crippen molar-refractivity contribution in [3.05, 3.63) is 41.3 Å². The van der Waals surface area contributed by atoms with Gasteiger partial charge < -0.3 is 9.64 Å². The largest absolute Gasteiger partial charge is 0.450 e. The summed E-state index contributed by atoms with van der Waals surface area (Å²) in [5.41, 5.74) is 0.829. The maximum absolute atomic E-state index is 12.1. The third-order valence-corrected chi connectivity index (χ3v) is 4.75. The number of carbonyl (C=O) groups excluding carboxylic acids is 1. The number of benzene rings is 1. The third-order valence-electron chi connectivity index (χ3n) is 3.59. The van der Waals surface area contributed by atoms with Gasteiger partial charge in [0.25, 0.3) is 0 Å². The van der Waals surface area contributed by atoms with Crippen LogP contribution in [0.5, 0.6) is 0 Å². The molecule has 1 amide bonds. The number of nitrogens with one attached hydrogen (secondary N) is 1. The zero-order valence-corrected chi connectivity index (χ0v) is 14.0. The standard InChI is InChI=1S/C16H22N2O4S/c1-2-22-16(19)18-11-8-15(9-12-18)17-23(20,21)13-10-14-6-4-3-5-7-14/h3-7,10,13,15,17H,2,8-9,11-12H2,1H3. The topological polar surface area (TPSA) is 75.7 Å². The van der Waals surface area contributed by atoms with E-state index in [4.69, 9.17) is 4.74 Å². The van der Waals surface area contributed by atoms with E-state index in [1.165, 1.54) is 5.41 Å². The molecule has 0 bridgehead atoms. The molecule has 1 aliphatic rings. The van der Waals surface area contributed by atoms with Gasteiger partial charge in [-0.25, -0.2) is 17.9 Å². The van der Waals surface area contributed by atoms with Gasteiger partial charge in [-0.05, 0) is 31.4 Å². The summed E-state index contributed by atoms with van der Waals surface area (Å²) in [6.07, 6.45) is 2.39. The van der Waals surface area contributed by atoms with Gasteiger partial charge in [-0.15, -0.1) is 0 Å². The highest BCUT2D eigenvalue weighted by atomic mass is 32.2. The number of nitrogens with zero attached hydrogens (tertiary/aromatic N) is 1. The van der Waals surface area contributed by atoms with Crippen LogP contribution < -0.4 is 4.72 Å². The number of piperidine rings is 1. The number of ether oxygens (including phenoxy) is 1. The number of hydrogen-bond acceptors (Lipinski definition) is 4. The van der Waals surface area contributed by atoms with Gasteiger partial charge in [0.1, 0.15) is 0 Å². The highest BCUT2D eigenvalue weighted by molar-refractivity contribution is 7.92. The fraction of sp³-hybridized carbons (Fsp3) is 0.438. The lowest BCUT2D eigenvalue weighted by molar-refractivity contribution is 0.0966. The molecule has 0 saturated carbocycles. The van der Waals surface area contributed by atoms with Crippen LogP contribution in [0.3, 0.4) is 0 Å². The molecule has 1 aromatic rings. The fourth-order valence-electron chi connectivity index (χ4n) is 2.40. The van der Waals surface area contributed by atoms with Crippen LogP contribution in [0.15, 0.2) is 35.7 Å². The lowest BCUT2D eigenvalue weighted by atomic mass is 10.1. The van der Waals surface area contributed by atoms with Crippen LogP contribution in [-0.4, -0.2) is 45.1 Å². The zero-order valence-electron chi connectivity index (χ0n) is 13.1. The Balaban J connectivity index is 1.85. The Morgan fingerprint density at radius 1 is 1.30 bits per heavy atom. The summed E-state index contributed by atoms with van der Waals surface area (Å²) >= 11 is 0. The molecule has 1 fully saturated rings. The van der Waals surface area contributed by atoms with Crippen molar-refractivity contribution in [3.8, 4) is 0 Å². The Bertz CT molecular complexity index is 635. The van der Waals surface area contributed by atoms with Crippen molar-refractivity contribution < 1.29 is 17.9 Å². The monoisotopic (exact) mass is 338 g/mol. The minimum absolute atomic E-state index is 0.161. The Hall–Kier alpha value is -1.86. The first kappa shape index (κ1) is 17.5. The van der Waals surface area contributed by atoms with Gasteiger partial charge in [-0.1, -0.05) is 30.3 Å². The zero-order chi connectivity index (χ0) is 16.7. The molecule has 1 aromatic carbocycles. The van der Waals surface area contributed by atoms with Gasteiger partial charge in [0, 0.05) is 24.5 Å². The molecule has 0 atom stereocenters. The van der Waals surface area contributed by atoms with E-state index in [1.807, 2.05) is 30.3 Å². The maximum atomic E-state index is 12.1. The van der Waals surface area contributed by atoms with Crippen LogP contribution in [0.1, 0.15) is 25.3 Å². The molecule has 1 saturated heterocycles. The van der Waals surface area contributed by atoms with Gasteiger partial charge in [-0.2, -0.15) is 0 Å². The van der Waals surface area contributed by atoms with Gasteiger partial charge in [-0.3, -0.25) is 0 Å². The highest BCUT2D eigenvalue weighted by Crippen LogP contribution is 2.13. The van der Waals surface area contributed by atoms with Crippen LogP contribution in [0.2, 0.25) is 0 Å². The number of carbonyl (C=O) groups is 1. The Morgan fingerprint density at radius 3 is 2.57 bits per heavy atom. The lowest BCUT2D eigenvalue weighted by Crippen LogP contribution is -2.46. The molecule has 1 heterocycles. The van der Waals surface area contributed by atoms with Crippen LogP contribution >= 0.6 is 0 Å². The van der Waals surface area contributed by atoms with Crippen molar-refractivity contribution in [2.24, 2.45) is 0 Å². The Morgan fingerprint density at radius 2 is 1.96 bits per heavy atom. The van der Waals surface area contributed by atoms with E-state index in [0.29, 0.717) is 32.5 Å². The summed E-state index contributed by atoms with van der Waals surface area (Å²) in [6, 6.07) is 9.09. The van der Waals surface area contributed by atoms with Gasteiger partial charge in [0.15, 0.2) is 0 Å². The number of hydrogen-bond donors (Lipinski definition) is 1. The van der Waals surface area contributed by atoms with Crippen molar-refractivity contribution in [2.75, 3.05) is 19.7 Å². The maximum Gasteiger partial charge on any atom is 0.409 e. The van der Waals surface area contributed by atoms with Crippen LogP contribution in [0, 0.1) is 0 Å². The van der Waals surface area contributed by atoms with E-state index < -0.39 is 10.0 Å². The smallest absolute Gasteiger partial charge is 0.409 e. The molecule has 6 nitrogen and oxygen atoms in total. The predicted octanol–water partition coefficient (Wildman–Crippen LogP) is 2.20. The molecule has 0 aliphatic carbocycles. The molecule has 1 aliphatic heterocycles. The summed E-state index contributed by atoms with van der Waals surface area (Å²) in [6.45, 7) is 3.09. The SMILES string of the molecule is CCOC(=O)N1CCC(NS(=O)(=O)C=Cc2ccccc2)CC1. The first-order chi connectivity index (χ1) is 11.0. The number of amides is 1. The summed E-state index contributed by atoms with van der Waals surface area (Å²) < 4.78 is 31.8. The lowest BCUT2D eigenvalue weighted by Gasteiger charge is -2.31. The van der Waals surface area contributed by atoms with Crippen molar-refractivity contribution >= 4 is 22.2 Å². The Labute approximate surface area is 137 Å². The van der Waals surface area contributed by atoms with Crippen LogP contribution in [0.25, 0.3) is 6.08 Å². The van der Waals surface area contributed by atoms with Gasteiger partial charge in [0.05, 0.1) is 6.61 Å². The summed E-state index contributed by atoms with van der Waals surface area (Å²) in [4.78, 5) is 13.2. The first-order valence-corrected chi connectivity index (χ1v) is 9.22. The molecule has 1 N–H and O–H groups in total. The molecule has 23 heavy (non-hydrogen) atoms. The highest BCUT2D eigenvalue weighted by Gasteiger charge is 2.25. The molecule has 0 spiro atoms. The van der Waals surface area contributed by atoms with Gasteiger partial charge in [0.2, 0.25) is 10.0 Å².